The quantitative estimate of drug-likeness (QED) is 0.630. The first-order valence-electron chi connectivity index (χ1n) is 7.47. The zero-order valence-electron chi connectivity index (χ0n) is 12.5. The average Bonchev–Trinajstić information content (AvgIpc) is 3.15. The molecule has 3 aromatic rings. The highest BCUT2D eigenvalue weighted by atomic mass is 35.5. The Morgan fingerprint density at radius 1 is 1.08 bits per heavy atom. The van der Waals surface area contributed by atoms with Crippen molar-refractivity contribution in [1.82, 2.24) is 4.98 Å². The number of rotatable bonds is 3. The Labute approximate surface area is 148 Å². The first kappa shape index (κ1) is 15.5. The number of nitrogens with two attached hydrogens (primary N) is 1. The van der Waals surface area contributed by atoms with Gasteiger partial charge in [0.05, 0.1) is 11.6 Å². The standard InChI is InChI=1S/C18H13Cl2FN2O/c19-13-7-12(22)8-14(20)16(13)18(5-6-18)17-23-9-15(24-17)10-1-3-11(21)4-2-10/h1-4,7-9H,5-6,22H2. The first-order chi connectivity index (χ1) is 11.5. The van der Waals surface area contributed by atoms with E-state index < -0.39 is 5.41 Å². The number of hydrogen-bond acceptors (Lipinski definition) is 3. The second-order valence-corrected chi connectivity index (χ2v) is 6.79. The van der Waals surface area contributed by atoms with Gasteiger partial charge in [-0.05, 0) is 49.2 Å². The van der Waals surface area contributed by atoms with Crippen molar-refractivity contribution in [2.45, 2.75) is 18.3 Å². The van der Waals surface area contributed by atoms with E-state index in [2.05, 4.69) is 4.98 Å². The fourth-order valence-electron chi connectivity index (χ4n) is 2.99. The summed E-state index contributed by atoms with van der Waals surface area (Å²) in [5.74, 6) is 0.854. The molecule has 0 spiro atoms. The second-order valence-electron chi connectivity index (χ2n) is 5.98. The lowest BCUT2D eigenvalue weighted by molar-refractivity contribution is 0.472. The third-order valence-electron chi connectivity index (χ3n) is 4.34. The molecule has 122 valence electrons. The van der Waals surface area contributed by atoms with Crippen LogP contribution in [-0.2, 0) is 5.41 Å². The van der Waals surface area contributed by atoms with Crippen LogP contribution in [0.4, 0.5) is 10.1 Å². The molecular weight excluding hydrogens is 350 g/mol. The molecule has 0 radical (unpaired) electrons. The topological polar surface area (TPSA) is 52.0 Å². The number of benzene rings is 2. The van der Waals surface area contributed by atoms with Crippen molar-refractivity contribution in [2.75, 3.05) is 5.73 Å². The van der Waals surface area contributed by atoms with Crippen molar-refractivity contribution in [3.8, 4) is 11.3 Å². The minimum absolute atomic E-state index is 0.294. The Bertz CT molecular complexity index is 894. The summed E-state index contributed by atoms with van der Waals surface area (Å²) in [5, 5.41) is 1.03. The molecule has 1 heterocycles. The minimum atomic E-state index is -0.417. The summed E-state index contributed by atoms with van der Waals surface area (Å²) in [4.78, 5) is 4.42. The molecule has 3 nitrogen and oxygen atoms in total. The number of anilines is 1. The summed E-state index contributed by atoms with van der Waals surface area (Å²) >= 11 is 12.7. The lowest BCUT2D eigenvalue weighted by atomic mass is 9.95. The van der Waals surface area contributed by atoms with Gasteiger partial charge in [0.1, 0.15) is 5.82 Å². The number of nitrogens with zero attached hydrogens (tertiary/aromatic N) is 1. The van der Waals surface area contributed by atoms with Gasteiger partial charge >= 0.3 is 0 Å². The van der Waals surface area contributed by atoms with Crippen LogP contribution in [0.3, 0.4) is 0 Å². The van der Waals surface area contributed by atoms with Gasteiger partial charge in [-0.3, -0.25) is 0 Å². The third kappa shape index (κ3) is 2.46. The average molecular weight is 363 g/mol. The molecule has 6 heteroatoms. The van der Waals surface area contributed by atoms with E-state index >= 15 is 0 Å². The van der Waals surface area contributed by atoms with Gasteiger partial charge < -0.3 is 10.2 Å². The molecular formula is C18H13Cl2FN2O. The van der Waals surface area contributed by atoms with Gasteiger partial charge in [-0.25, -0.2) is 9.37 Å². The number of oxazole rings is 1. The van der Waals surface area contributed by atoms with E-state index in [0.29, 0.717) is 27.4 Å². The molecule has 0 saturated heterocycles. The van der Waals surface area contributed by atoms with Gasteiger partial charge in [-0.2, -0.15) is 0 Å². The van der Waals surface area contributed by atoms with Crippen molar-refractivity contribution in [3.05, 3.63) is 69.9 Å². The molecule has 4 rings (SSSR count). The summed E-state index contributed by atoms with van der Waals surface area (Å²) in [6, 6.07) is 9.46. The molecule has 0 aliphatic heterocycles. The summed E-state index contributed by atoms with van der Waals surface area (Å²) in [5.41, 5.74) is 7.45. The van der Waals surface area contributed by atoms with Crippen LogP contribution in [0.25, 0.3) is 11.3 Å². The zero-order chi connectivity index (χ0) is 16.9. The molecule has 2 N–H and O–H groups in total. The van der Waals surface area contributed by atoms with Crippen LogP contribution in [0.1, 0.15) is 24.3 Å². The van der Waals surface area contributed by atoms with Crippen LogP contribution in [-0.4, -0.2) is 4.98 Å². The van der Waals surface area contributed by atoms with Crippen molar-refractivity contribution in [1.29, 1.82) is 0 Å². The molecule has 1 aliphatic carbocycles. The van der Waals surface area contributed by atoms with E-state index in [1.54, 1.807) is 30.5 Å². The Balaban J connectivity index is 1.76. The highest BCUT2D eigenvalue weighted by Gasteiger charge is 2.52. The van der Waals surface area contributed by atoms with Crippen molar-refractivity contribution >= 4 is 28.9 Å². The highest BCUT2D eigenvalue weighted by Crippen LogP contribution is 2.57. The van der Waals surface area contributed by atoms with Crippen LogP contribution in [0, 0.1) is 5.82 Å². The maximum Gasteiger partial charge on any atom is 0.205 e. The first-order valence-corrected chi connectivity index (χ1v) is 8.22. The summed E-state index contributed by atoms with van der Waals surface area (Å²) < 4.78 is 19.0. The number of halogens is 3. The number of nitrogen functional groups attached to an aromatic ring is 1. The SMILES string of the molecule is Nc1cc(Cl)c(C2(c3ncc(-c4ccc(F)cc4)o3)CC2)c(Cl)c1. The molecule has 0 amide bonds. The van der Waals surface area contributed by atoms with E-state index in [-0.39, 0.29) is 5.82 Å². The Hall–Kier alpha value is -2.04. The highest BCUT2D eigenvalue weighted by molar-refractivity contribution is 6.36. The van der Waals surface area contributed by atoms with Crippen molar-refractivity contribution in [3.63, 3.8) is 0 Å². The van der Waals surface area contributed by atoms with E-state index in [9.17, 15) is 4.39 Å². The Kier molecular flexibility index (Phi) is 3.55. The van der Waals surface area contributed by atoms with Gasteiger partial charge in [0, 0.05) is 26.9 Å². The molecule has 1 aromatic heterocycles. The molecule has 1 saturated carbocycles. The molecule has 1 fully saturated rings. The third-order valence-corrected chi connectivity index (χ3v) is 4.93. The molecule has 1 aliphatic rings. The molecule has 0 bridgehead atoms. The van der Waals surface area contributed by atoms with Crippen LogP contribution in [0.15, 0.2) is 47.0 Å². The monoisotopic (exact) mass is 362 g/mol. The van der Waals surface area contributed by atoms with Crippen molar-refractivity contribution < 1.29 is 8.81 Å². The molecule has 0 atom stereocenters. The van der Waals surface area contributed by atoms with Crippen LogP contribution >= 0.6 is 23.2 Å². The minimum Gasteiger partial charge on any atom is -0.440 e. The predicted octanol–water partition coefficient (Wildman–Crippen LogP) is 5.45. The Morgan fingerprint density at radius 3 is 2.29 bits per heavy atom. The number of aromatic nitrogens is 1. The van der Waals surface area contributed by atoms with E-state index in [1.165, 1.54) is 12.1 Å². The van der Waals surface area contributed by atoms with Gasteiger partial charge in [-0.1, -0.05) is 23.2 Å². The maximum atomic E-state index is 13.1. The smallest absolute Gasteiger partial charge is 0.205 e. The van der Waals surface area contributed by atoms with Crippen LogP contribution < -0.4 is 5.73 Å². The maximum absolute atomic E-state index is 13.1. The Morgan fingerprint density at radius 2 is 1.71 bits per heavy atom. The predicted molar refractivity (Wildman–Crippen MR) is 92.8 cm³/mol. The van der Waals surface area contributed by atoms with E-state index in [4.69, 9.17) is 33.4 Å². The van der Waals surface area contributed by atoms with Crippen LogP contribution in [0.2, 0.25) is 10.0 Å². The van der Waals surface area contributed by atoms with Gasteiger partial charge in [0.25, 0.3) is 0 Å². The summed E-state index contributed by atoms with van der Waals surface area (Å²) in [6.07, 6.45) is 3.33. The summed E-state index contributed by atoms with van der Waals surface area (Å²) in [6.45, 7) is 0. The van der Waals surface area contributed by atoms with Gasteiger partial charge in [0.2, 0.25) is 5.89 Å². The van der Waals surface area contributed by atoms with Crippen LogP contribution in [0.5, 0.6) is 0 Å². The lowest BCUT2D eigenvalue weighted by Crippen LogP contribution is -2.11. The second kappa shape index (κ2) is 5.50. The molecule has 2 aromatic carbocycles. The van der Waals surface area contributed by atoms with Crippen molar-refractivity contribution in [2.24, 2.45) is 0 Å². The largest absolute Gasteiger partial charge is 0.440 e. The fraction of sp³-hybridized carbons (Fsp3) is 0.167. The van der Waals surface area contributed by atoms with E-state index in [1.807, 2.05) is 0 Å². The molecule has 24 heavy (non-hydrogen) atoms. The fourth-order valence-corrected chi connectivity index (χ4v) is 3.85. The number of hydrogen-bond donors (Lipinski definition) is 1. The molecule has 0 unspecified atom stereocenters. The lowest BCUT2D eigenvalue weighted by Gasteiger charge is -2.16. The normalized spacial score (nSPS) is 15.5. The van der Waals surface area contributed by atoms with E-state index in [0.717, 1.165) is 24.0 Å². The summed E-state index contributed by atoms with van der Waals surface area (Å²) in [7, 11) is 0. The van der Waals surface area contributed by atoms with Gasteiger partial charge in [0.15, 0.2) is 5.76 Å². The zero-order valence-corrected chi connectivity index (χ0v) is 14.0. The van der Waals surface area contributed by atoms with Gasteiger partial charge in [-0.15, -0.1) is 0 Å².